The standard InChI is InChI=1S/C15H13F3N2O/c1-2-20(10-5-3-9(16)4-6-10)15(21)11-7-12(17)13(18)8-14(11)19/h3-8H,2,19H2,1H3. The molecular formula is C15H13F3N2O. The molecule has 0 aromatic heterocycles. The lowest BCUT2D eigenvalue weighted by molar-refractivity contribution is 0.0988. The molecule has 0 bridgehead atoms. The monoisotopic (exact) mass is 294 g/mol. The van der Waals surface area contributed by atoms with E-state index in [1.807, 2.05) is 0 Å². The molecule has 0 heterocycles. The van der Waals surface area contributed by atoms with Crippen LogP contribution in [0.1, 0.15) is 17.3 Å². The van der Waals surface area contributed by atoms with E-state index in [4.69, 9.17) is 5.73 Å². The molecule has 0 saturated heterocycles. The van der Waals surface area contributed by atoms with Crippen molar-refractivity contribution in [2.75, 3.05) is 17.2 Å². The second kappa shape index (κ2) is 5.87. The minimum atomic E-state index is -1.15. The van der Waals surface area contributed by atoms with Gasteiger partial charge in [-0.3, -0.25) is 4.79 Å². The first-order chi connectivity index (χ1) is 9.93. The summed E-state index contributed by atoms with van der Waals surface area (Å²) < 4.78 is 39.3. The van der Waals surface area contributed by atoms with Crippen LogP contribution in [0, 0.1) is 17.5 Å². The Kier molecular flexibility index (Phi) is 4.16. The molecule has 0 aliphatic heterocycles. The van der Waals surface area contributed by atoms with Crippen LogP contribution >= 0.6 is 0 Å². The lowest BCUT2D eigenvalue weighted by Gasteiger charge is -2.22. The highest BCUT2D eigenvalue weighted by Gasteiger charge is 2.20. The first-order valence-electron chi connectivity index (χ1n) is 6.26. The van der Waals surface area contributed by atoms with Crippen LogP contribution in [-0.4, -0.2) is 12.5 Å². The molecule has 6 heteroatoms. The van der Waals surface area contributed by atoms with Gasteiger partial charge < -0.3 is 10.6 Å². The van der Waals surface area contributed by atoms with E-state index in [2.05, 4.69) is 0 Å². The number of hydrogen-bond donors (Lipinski definition) is 1. The number of carbonyl (C=O) groups is 1. The van der Waals surface area contributed by atoms with Gasteiger partial charge in [-0.2, -0.15) is 0 Å². The maximum Gasteiger partial charge on any atom is 0.260 e. The van der Waals surface area contributed by atoms with E-state index in [0.717, 1.165) is 12.1 Å². The molecule has 2 N–H and O–H groups in total. The zero-order chi connectivity index (χ0) is 15.6. The SMILES string of the molecule is CCN(C(=O)c1cc(F)c(F)cc1N)c1ccc(F)cc1. The van der Waals surface area contributed by atoms with Gasteiger partial charge in [-0.25, -0.2) is 13.2 Å². The number of nitrogens with two attached hydrogens (primary N) is 1. The second-order valence-corrected chi connectivity index (χ2v) is 4.38. The molecule has 0 saturated carbocycles. The number of hydrogen-bond acceptors (Lipinski definition) is 2. The van der Waals surface area contributed by atoms with Crippen molar-refractivity contribution in [2.45, 2.75) is 6.92 Å². The molecule has 110 valence electrons. The van der Waals surface area contributed by atoms with Gasteiger partial charge in [0.15, 0.2) is 11.6 Å². The van der Waals surface area contributed by atoms with Crippen molar-refractivity contribution >= 4 is 17.3 Å². The predicted octanol–water partition coefficient (Wildman–Crippen LogP) is 3.35. The molecule has 1 amide bonds. The molecule has 2 rings (SSSR count). The quantitative estimate of drug-likeness (QED) is 0.882. The van der Waals surface area contributed by atoms with E-state index in [1.165, 1.54) is 29.2 Å². The normalized spacial score (nSPS) is 10.5. The highest BCUT2D eigenvalue weighted by Crippen LogP contribution is 2.22. The fourth-order valence-electron chi connectivity index (χ4n) is 1.96. The highest BCUT2D eigenvalue weighted by molar-refractivity contribution is 6.09. The Morgan fingerprint density at radius 2 is 1.67 bits per heavy atom. The Bertz CT molecular complexity index is 671. The summed E-state index contributed by atoms with van der Waals surface area (Å²) in [7, 11) is 0. The molecule has 0 radical (unpaired) electrons. The highest BCUT2D eigenvalue weighted by atomic mass is 19.2. The lowest BCUT2D eigenvalue weighted by Crippen LogP contribution is -2.31. The number of halogens is 3. The van der Waals surface area contributed by atoms with Crippen molar-refractivity contribution in [3.05, 3.63) is 59.4 Å². The van der Waals surface area contributed by atoms with Crippen LogP contribution < -0.4 is 10.6 Å². The molecule has 0 aliphatic carbocycles. The van der Waals surface area contributed by atoms with Crippen LogP contribution in [0.5, 0.6) is 0 Å². The van der Waals surface area contributed by atoms with Crippen molar-refractivity contribution in [1.29, 1.82) is 0 Å². The molecule has 0 spiro atoms. The van der Waals surface area contributed by atoms with Crippen molar-refractivity contribution in [2.24, 2.45) is 0 Å². The summed E-state index contributed by atoms with van der Waals surface area (Å²) in [6.45, 7) is 1.97. The average Bonchev–Trinajstić information content (AvgIpc) is 2.45. The molecular weight excluding hydrogens is 281 g/mol. The minimum absolute atomic E-state index is 0.139. The number of nitrogens with zero attached hydrogens (tertiary/aromatic N) is 1. The molecule has 2 aromatic carbocycles. The molecule has 0 fully saturated rings. The van der Waals surface area contributed by atoms with E-state index in [-0.39, 0.29) is 17.8 Å². The van der Waals surface area contributed by atoms with Crippen molar-refractivity contribution in [3.8, 4) is 0 Å². The van der Waals surface area contributed by atoms with Gasteiger partial charge in [0, 0.05) is 24.0 Å². The third-order valence-corrected chi connectivity index (χ3v) is 3.02. The van der Waals surface area contributed by atoms with Crippen molar-refractivity contribution in [3.63, 3.8) is 0 Å². The first kappa shape index (κ1) is 14.9. The number of anilines is 2. The van der Waals surface area contributed by atoms with E-state index in [9.17, 15) is 18.0 Å². The molecule has 0 unspecified atom stereocenters. The summed E-state index contributed by atoms with van der Waals surface area (Å²) in [6, 6.07) is 6.79. The molecule has 21 heavy (non-hydrogen) atoms. The summed E-state index contributed by atoms with van der Waals surface area (Å²) >= 11 is 0. The van der Waals surface area contributed by atoms with Gasteiger partial charge in [0.25, 0.3) is 5.91 Å². The zero-order valence-corrected chi connectivity index (χ0v) is 11.2. The third-order valence-electron chi connectivity index (χ3n) is 3.02. The Balaban J connectivity index is 2.41. The topological polar surface area (TPSA) is 46.3 Å². The van der Waals surface area contributed by atoms with Gasteiger partial charge in [0.1, 0.15) is 5.82 Å². The minimum Gasteiger partial charge on any atom is -0.398 e. The Morgan fingerprint density at radius 3 is 2.24 bits per heavy atom. The van der Waals surface area contributed by atoms with Crippen LogP contribution in [0.2, 0.25) is 0 Å². The zero-order valence-electron chi connectivity index (χ0n) is 11.2. The summed E-state index contributed by atoms with van der Waals surface area (Å²) in [6.07, 6.45) is 0. The Morgan fingerprint density at radius 1 is 1.10 bits per heavy atom. The van der Waals surface area contributed by atoms with Crippen LogP contribution in [-0.2, 0) is 0 Å². The van der Waals surface area contributed by atoms with E-state index >= 15 is 0 Å². The average molecular weight is 294 g/mol. The molecule has 2 aromatic rings. The van der Waals surface area contributed by atoms with E-state index < -0.39 is 23.4 Å². The van der Waals surface area contributed by atoms with Crippen LogP contribution in [0.3, 0.4) is 0 Å². The van der Waals surface area contributed by atoms with Crippen molar-refractivity contribution in [1.82, 2.24) is 0 Å². The third kappa shape index (κ3) is 2.99. The van der Waals surface area contributed by atoms with Gasteiger partial charge in [-0.05, 0) is 37.3 Å². The largest absolute Gasteiger partial charge is 0.398 e. The van der Waals surface area contributed by atoms with Crippen molar-refractivity contribution < 1.29 is 18.0 Å². The van der Waals surface area contributed by atoms with Crippen LogP contribution in [0.25, 0.3) is 0 Å². The Hall–Kier alpha value is -2.50. The molecule has 3 nitrogen and oxygen atoms in total. The number of nitrogen functional groups attached to an aromatic ring is 1. The summed E-state index contributed by atoms with van der Waals surface area (Å²) in [5.74, 6) is -3.29. The number of carbonyl (C=O) groups excluding carboxylic acids is 1. The summed E-state index contributed by atoms with van der Waals surface area (Å²) in [4.78, 5) is 13.7. The van der Waals surface area contributed by atoms with Gasteiger partial charge in [0.2, 0.25) is 0 Å². The summed E-state index contributed by atoms with van der Waals surface area (Å²) in [5, 5.41) is 0. The Labute approximate surface area is 119 Å². The van der Waals surface area contributed by atoms with Gasteiger partial charge in [-0.1, -0.05) is 0 Å². The van der Waals surface area contributed by atoms with Crippen LogP contribution in [0.4, 0.5) is 24.5 Å². The van der Waals surface area contributed by atoms with E-state index in [0.29, 0.717) is 5.69 Å². The molecule has 0 atom stereocenters. The number of amides is 1. The maximum atomic E-state index is 13.3. The fourth-order valence-corrected chi connectivity index (χ4v) is 1.96. The molecule has 0 aliphatic rings. The van der Waals surface area contributed by atoms with Crippen LogP contribution in [0.15, 0.2) is 36.4 Å². The van der Waals surface area contributed by atoms with Gasteiger partial charge in [-0.15, -0.1) is 0 Å². The van der Waals surface area contributed by atoms with Gasteiger partial charge >= 0.3 is 0 Å². The lowest BCUT2D eigenvalue weighted by atomic mass is 10.1. The fraction of sp³-hybridized carbons (Fsp3) is 0.133. The number of benzene rings is 2. The smallest absolute Gasteiger partial charge is 0.260 e. The number of rotatable bonds is 3. The predicted molar refractivity (Wildman–Crippen MR) is 74.5 cm³/mol. The summed E-state index contributed by atoms with van der Waals surface area (Å²) in [5.41, 5.74) is 5.72. The second-order valence-electron chi connectivity index (χ2n) is 4.38. The van der Waals surface area contributed by atoms with E-state index in [1.54, 1.807) is 6.92 Å². The maximum absolute atomic E-state index is 13.3. The van der Waals surface area contributed by atoms with Gasteiger partial charge in [0.05, 0.1) is 5.56 Å². The first-order valence-corrected chi connectivity index (χ1v) is 6.26.